The van der Waals surface area contributed by atoms with Crippen molar-refractivity contribution in [3.05, 3.63) is 23.8 Å². The summed E-state index contributed by atoms with van der Waals surface area (Å²) in [4.78, 5) is 14.5. The van der Waals surface area contributed by atoms with Crippen molar-refractivity contribution in [3.8, 4) is 11.5 Å². The van der Waals surface area contributed by atoms with E-state index >= 15 is 0 Å². The minimum Gasteiger partial charge on any atom is -0.497 e. The molecule has 1 N–H and O–H groups in total. The summed E-state index contributed by atoms with van der Waals surface area (Å²) in [7, 11) is 3.23. The molecular weight excluding hydrogens is 304 g/mol. The fourth-order valence-electron chi connectivity index (χ4n) is 2.69. The van der Waals surface area contributed by atoms with Gasteiger partial charge in [-0.05, 0) is 32.0 Å². The smallest absolute Gasteiger partial charge is 0.227 e. The molecule has 6 heteroatoms. The van der Waals surface area contributed by atoms with Crippen LogP contribution in [0, 0.1) is 0 Å². The molecule has 1 heterocycles. The monoisotopic (exact) mass is 328 g/mol. The Bertz CT molecular complexity index is 510. The second-order valence-corrected chi connectivity index (χ2v) is 5.43. The number of nitrogens with zero attached hydrogens (tertiary/aromatic N) is 1. The highest BCUT2D eigenvalue weighted by Gasteiger charge is 2.28. The molecule has 1 aromatic rings. The zero-order valence-corrected chi connectivity index (χ0v) is 14.4. The molecule has 1 aliphatic rings. The molecule has 2 atom stereocenters. The Kier molecular flexibility index (Phi) is 6.97. The van der Waals surface area contributed by atoms with Crippen molar-refractivity contribution in [1.29, 1.82) is 0 Å². The molecule has 0 saturated carbocycles. The lowest BCUT2D eigenvalue weighted by atomic mass is 10.0. The number of carbonyl (C=O) groups is 1. The van der Waals surface area contributed by atoms with E-state index in [1.54, 1.807) is 14.2 Å². The highest BCUT2D eigenvalue weighted by molar-refractivity contribution is 5.85. The van der Waals surface area contributed by atoms with Crippen LogP contribution in [0.15, 0.2) is 18.2 Å². The normalized spacial score (nSPS) is 21.0. The second-order valence-electron chi connectivity index (χ2n) is 5.43. The van der Waals surface area contributed by atoms with Crippen LogP contribution in [0.3, 0.4) is 0 Å². The van der Waals surface area contributed by atoms with Crippen molar-refractivity contribution in [2.45, 2.75) is 32.4 Å². The molecule has 0 radical (unpaired) electrons. The number of halogens is 1. The van der Waals surface area contributed by atoms with Crippen LogP contribution in [0.25, 0.3) is 0 Å². The van der Waals surface area contributed by atoms with Crippen LogP contribution in [0.5, 0.6) is 11.5 Å². The molecule has 124 valence electrons. The van der Waals surface area contributed by atoms with Gasteiger partial charge in [-0.15, -0.1) is 12.4 Å². The van der Waals surface area contributed by atoms with Gasteiger partial charge < -0.3 is 19.7 Å². The van der Waals surface area contributed by atoms with Crippen LogP contribution in [0.2, 0.25) is 0 Å². The van der Waals surface area contributed by atoms with Crippen molar-refractivity contribution in [2.24, 2.45) is 0 Å². The second kappa shape index (κ2) is 8.25. The summed E-state index contributed by atoms with van der Waals surface area (Å²) >= 11 is 0. The lowest BCUT2D eigenvalue weighted by Crippen LogP contribution is -2.57. The summed E-state index contributed by atoms with van der Waals surface area (Å²) in [5.74, 6) is 1.59. The Morgan fingerprint density at radius 1 is 1.32 bits per heavy atom. The average Bonchev–Trinajstić information content (AvgIpc) is 2.49. The summed E-state index contributed by atoms with van der Waals surface area (Å²) < 4.78 is 10.6. The first kappa shape index (κ1) is 18.6. The fourth-order valence-corrected chi connectivity index (χ4v) is 2.69. The molecule has 1 aromatic carbocycles. The predicted octanol–water partition coefficient (Wildman–Crippen LogP) is 1.88. The first-order valence-corrected chi connectivity index (χ1v) is 7.30. The molecule has 5 nitrogen and oxygen atoms in total. The van der Waals surface area contributed by atoms with E-state index < -0.39 is 0 Å². The standard InChI is InChI=1S/C16H24N2O3.ClH/c1-11-12(2)18(8-7-17-11)16(19)10-13-9-14(20-3)5-6-15(13)21-4;/h5-6,9,11-12,17H,7-8,10H2,1-4H3;1H. The zero-order valence-electron chi connectivity index (χ0n) is 13.6. The third-order valence-corrected chi connectivity index (χ3v) is 4.18. The number of hydrogen-bond acceptors (Lipinski definition) is 4. The van der Waals surface area contributed by atoms with Gasteiger partial charge in [0.05, 0.1) is 20.6 Å². The van der Waals surface area contributed by atoms with Crippen molar-refractivity contribution in [3.63, 3.8) is 0 Å². The molecule has 1 saturated heterocycles. The van der Waals surface area contributed by atoms with Gasteiger partial charge in [0.25, 0.3) is 0 Å². The highest BCUT2D eigenvalue weighted by atomic mass is 35.5. The van der Waals surface area contributed by atoms with E-state index in [4.69, 9.17) is 9.47 Å². The van der Waals surface area contributed by atoms with E-state index in [-0.39, 0.29) is 24.4 Å². The maximum absolute atomic E-state index is 12.6. The molecular formula is C16H25ClN2O3. The van der Waals surface area contributed by atoms with Gasteiger partial charge in [-0.3, -0.25) is 4.79 Å². The van der Waals surface area contributed by atoms with Crippen LogP contribution in [-0.4, -0.2) is 50.2 Å². The number of benzene rings is 1. The van der Waals surface area contributed by atoms with Gasteiger partial charge in [-0.2, -0.15) is 0 Å². The quantitative estimate of drug-likeness (QED) is 0.917. The van der Waals surface area contributed by atoms with E-state index in [1.807, 2.05) is 23.1 Å². The Balaban J connectivity index is 0.00000242. The summed E-state index contributed by atoms with van der Waals surface area (Å²) in [6.07, 6.45) is 0.331. The Hall–Kier alpha value is -1.46. The summed E-state index contributed by atoms with van der Waals surface area (Å²) in [5.41, 5.74) is 0.861. The number of rotatable bonds is 4. The van der Waals surface area contributed by atoms with Crippen molar-refractivity contribution >= 4 is 18.3 Å². The van der Waals surface area contributed by atoms with Gasteiger partial charge in [-0.1, -0.05) is 0 Å². The number of ether oxygens (including phenoxy) is 2. The van der Waals surface area contributed by atoms with Crippen molar-refractivity contribution in [1.82, 2.24) is 10.2 Å². The van der Waals surface area contributed by atoms with Gasteiger partial charge in [-0.25, -0.2) is 0 Å². The van der Waals surface area contributed by atoms with Crippen LogP contribution in [-0.2, 0) is 11.2 Å². The first-order valence-electron chi connectivity index (χ1n) is 7.30. The third-order valence-electron chi connectivity index (χ3n) is 4.18. The van der Waals surface area contributed by atoms with E-state index in [0.29, 0.717) is 12.5 Å². The average molecular weight is 329 g/mol. The van der Waals surface area contributed by atoms with Gasteiger partial charge in [0, 0.05) is 30.7 Å². The topological polar surface area (TPSA) is 50.8 Å². The Morgan fingerprint density at radius 3 is 2.68 bits per heavy atom. The van der Waals surface area contributed by atoms with Crippen molar-refractivity contribution in [2.75, 3.05) is 27.3 Å². The Labute approximate surface area is 138 Å². The molecule has 0 aliphatic carbocycles. The Morgan fingerprint density at radius 2 is 2.05 bits per heavy atom. The fraction of sp³-hybridized carbons (Fsp3) is 0.562. The SMILES string of the molecule is COc1ccc(OC)c(CC(=O)N2CCNC(C)C2C)c1.Cl. The van der Waals surface area contributed by atoms with Crippen LogP contribution < -0.4 is 14.8 Å². The summed E-state index contributed by atoms with van der Waals surface area (Å²) in [6, 6.07) is 6.05. The maximum Gasteiger partial charge on any atom is 0.227 e. The van der Waals surface area contributed by atoms with E-state index in [0.717, 1.165) is 30.2 Å². The molecule has 1 aliphatic heterocycles. The lowest BCUT2D eigenvalue weighted by Gasteiger charge is -2.38. The van der Waals surface area contributed by atoms with Gasteiger partial charge >= 0.3 is 0 Å². The summed E-state index contributed by atoms with van der Waals surface area (Å²) in [5, 5.41) is 3.38. The molecule has 0 spiro atoms. The van der Waals surface area contributed by atoms with Crippen LogP contribution >= 0.6 is 12.4 Å². The minimum atomic E-state index is 0. The molecule has 1 amide bonds. The van der Waals surface area contributed by atoms with Gasteiger partial charge in [0.15, 0.2) is 0 Å². The number of methoxy groups -OCH3 is 2. The lowest BCUT2D eigenvalue weighted by molar-refractivity contribution is -0.134. The molecule has 0 aromatic heterocycles. The predicted molar refractivity (Wildman–Crippen MR) is 89.1 cm³/mol. The summed E-state index contributed by atoms with van der Waals surface area (Å²) in [6.45, 7) is 5.77. The highest BCUT2D eigenvalue weighted by Crippen LogP contribution is 2.25. The maximum atomic E-state index is 12.6. The minimum absolute atomic E-state index is 0. The number of nitrogens with one attached hydrogen (secondary N) is 1. The van der Waals surface area contributed by atoms with Crippen LogP contribution in [0.1, 0.15) is 19.4 Å². The van der Waals surface area contributed by atoms with Gasteiger partial charge in [0.2, 0.25) is 5.91 Å². The van der Waals surface area contributed by atoms with Gasteiger partial charge in [0.1, 0.15) is 11.5 Å². The largest absolute Gasteiger partial charge is 0.497 e. The van der Waals surface area contributed by atoms with Crippen molar-refractivity contribution < 1.29 is 14.3 Å². The third kappa shape index (κ3) is 4.05. The number of hydrogen-bond donors (Lipinski definition) is 1. The molecule has 2 unspecified atom stereocenters. The zero-order chi connectivity index (χ0) is 15.4. The molecule has 0 bridgehead atoms. The number of piperazine rings is 1. The van der Waals surface area contributed by atoms with E-state index in [2.05, 4.69) is 19.2 Å². The number of carbonyl (C=O) groups excluding carboxylic acids is 1. The van der Waals surface area contributed by atoms with E-state index in [9.17, 15) is 4.79 Å². The number of amides is 1. The molecule has 22 heavy (non-hydrogen) atoms. The first-order chi connectivity index (χ1) is 10.1. The molecule has 1 fully saturated rings. The van der Waals surface area contributed by atoms with Crippen LogP contribution in [0.4, 0.5) is 0 Å². The van der Waals surface area contributed by atoms with E-state index in [1.165, 1.54) is 0 Å². The molecule has 2 rings (SSSR count).